The van der Waals surface area contributed by atoms with Gasteiger partial charge in [0, 0.05) is 24.3 Å². The fourth-order valence-electron chi connectivity index (χ4n) is 1.49. The van der Waals surface area contributed by atoms with E-state index in [0.29, 0.717) is 11.7 Å². The molecular weight excluding hydrogens is 244 g/mol. The molecule has 0 saturated carbocycles. The summed E-state index contributed by atoms with van der Waals surface area (Å²) in [4.78, 5) is 0. The summed E-state index contributed by atoms with van der Waals surface area (Å²) in [5, 5.41) is 16.1. The number of aryl methyl sites for hydroxylation is 1. The zero-order valence-corrected chi connectivity index (χ0v) is 12.1. The molecule has 18 heavy (non-hydrogen) atoms. The Hall–Kier alpha value is -1.13. The molecule has 0 aliphatic rings. The van der Waals surface area contributed by atoms with Crippen LogP contribution in [0.25, 0.3) is 0 Å². The maximum Gasteiger partial charge on any atom is 0.170 e. The van der Waals surface area contributed by atoms with Gasteiger partial charge in [-0.2, -0.15) is 0 Å². The lowest BCUT2D eigenvalue weighted by molar-refractivity contribution is 0.162. The van der Waals surface area contributed by atoms with Crippen molar-refractivity contribution in [1.29, 1.82) is 0 Å². The van der Waals surface area contributed by atoms with E-state index in [4.69, 9.17) is 12.2 Å². The smallest absolute Gasteiger partial charge is 0.170 e. The third-order valence-electron chi connectivity index (χ3n) is 2.80. The minimum Gasteiger partial charge on any atom is -0.396 e. The van der Waals surface area contributed by atoms with E-state index in [1.165, 1.54) is 5.56 Å². The van der Waals surface area contributed by atoms with Crippen LogP contribution in [0.15, 0.2) is 24.3 Å². The van der Waals surface area contributed by atoms with Crippen molar-refractivity contribution in [1.82, 2.24) is 5.32 Å². The largest absolute Gasteiger partial charge is 0.396 e. The lowest BCUT2D eigenvalue weighted by atomic mass is 9.95. The Labute approximate surface area is 115 Å². The van der Waals surface area contributed by atoms with Crippen LogP contribution >= 0.6 is 12.2 Å². The molecule has 3 nitrogen and oxygen atoms in total. The Morgan fingerprint density at radius 3 is 2.61 bits per heavy atom. The van der Waals surface area contributed by atoms with Gasteiger partial charge in [0.1, 0.15) is 0 Å². The Balaban J connectivity index is 2.55. The SMILES string of the molecule is CCc1ccccc1NC(=S)NCC(C)(C)CO. The molecule has 0 aliphatic carbocycles. The third-order valence-corrected chi connectivity index (χ3v) is 3.05. The first kappa shape index (κ1) is 14.9. The summed E-state index contributed by atoms with van der Waals surface area (Å²) >= 11 is 5.26. The van der Waals surface area contributed by atoms with E-state index in [1.54, 1.807) is 0 Å². The molecule has 0 spiro atoms. The molecule has 1 aromatic carbocycles. The van der Waals surface area contributed by atoms with E-state index in [9.17, 15) is 5.11 Å². The number of aliphatic hydroxyl groups is 1. The topological polar surface area (TPSA) is 44.3 Å². The van der Waals surface area contributed by atoms with Gasteiger partial charge in [0.2, 0.25) is 0 Å². The van der Waals surface area contributed by atoms with Gasteiger partial charge in [0.15, 0.2) is 5.11 Å². The van der Waals surface area contributed by atoms with Crippen LogP contribution in [0, 0.1) is 5.41 Å². The quantitative estimate of drug-likeness (QED) is 0.717. The molecule has 1 aromatic rings. The number of para-hydroxylation sites is 1. The number of anilines is 1. The Morgan fingerprint density at radius 2 is 2.00 bits per heavy atom. The first-order chi connectivity index (χ1) is 8.48. The molecule has 0 bridgehead atoms. The van der Waals surface area contributed by atoms with Gasteiger partial charge in [-0.05, 0) is 30.3 Å². The van der Waals surface area contributed by atoms with Crippen molar-refractivity contribution < 1.29 is 5.11 Å². The Bertz CT molecular complexity index is 405. The maximum absolute atomic E-state index is 9.18. The molecule has 1 rings (SSSR count). The molecule has 4 heteroatoms. The van der Waals surface area contributed by atoms with Crippen molar-refractivity contribution in [3.05, 3.63) is 29.8 Å². The Kier molecular flexibility index (Phi) is 5.56. The van der Waals surface area contributed by atoms with Gasteiger partial charge in [-0.25, -0.2) is 0 Å². The van der Waals surface area contributed by atoms with Crippen LogP contribution in [0.5, 0.6) is 0 Å². The van der Waals surface area contributed by atoms with Crippen LogP contribution in [0.4, 0.5) is 5.69 Å². The molecule has 3 N–H and O–H groups in total. The summed E-state index contributed by atoms with van der Waals surface area (Å²) in [6, 6.07) is 8.11. The lowest BCUT2D eigenvalue weighted by Gasteiger charge is -2.23. The highest BCUT2D eigenvalue weighted by molar-refractivity contribution is 7.80. The van der Waals surface area contributed by atoms with E-state index in [-0.39, 0.29) is 12.0 Å². The van der Waals surface area contributed by atoms with E-state index in [0.717, 1.165) is 12.1 Å². The van der Waals surface area contributed by atoms with Gasteiger partial charge in [0.05, 0.1) is 0 Å². The second kappa shape index (κ2) is 6.71. The fourth-order valence-corrected chi connectivity index (χ4v) is 1.67. The number of aliphatic hydroxyl groups excluding tert-OH is 1. The van der Waals surface area contributed by atoms with Gasteiger partial charge in [-0.15, -0.1) is 0 Å². The summed E-state index contributed by atoms with van der Waals surface area (Å²) in [6.07, 6.45) is 0.966. The van der Waals surface area contributed by atoms with Crippen molar-refractivity contribution in [2.75, 3.05) is 18.5 Å². The first-order valence-corrected chi connectivity index (χ1v) is 6.63. The first-order valence-electron chi connectivity index (χ1n) is 6.22. The molecule has 0 fully saturated rings. The monoisotopic (exact) mass is 266 g/mol. The molecule has 0 radical (unpaired) electrons. The van der Waals surface area contributed by atoms with Crippen molar-refractivity contribution in [2.24, 2.45) is 5.41 Å². The number of hydrogen-bond acceptors (Lipinski definition) is 2. The predicted molar refractivity (Wildman–Crippen MR) is 80.9 cm³/mol. The number of nitrogens with one attached hydrogen (secondary N) is 2. The summed E-state index contributed by atoms with van der Waals surface area (Å²) in [7, 11) is 0. The minimum absolute atomic E-state index is 0.133. The predicted octanol–water partition coefficient (Wildman–Crippen LogP) is 2.55. The zero-order chi connectivity index (χ0) is 13.6. The highest BCUT2D eigenvalue weighted by Crippen LogP contribution is 2.15. The number of hydrogen-bond donors (Lipinski definition) is 3. The standard InChI is InChI=1S/C14H22N2OS/c1-4-11-7-5-6-8-12(11)16-13(18)15-9-14(2,3)10-17/h5-8,17H,4,9-10H2,1-3H3,(H2,15,16,18). The zero-order valence-electron chi connectivity index (χ0n) is 11.3. The summed E-state index contributed by atoms with van der Waals surface area (Å²) in [5.41, 5.74) is 2.11. The lowest BCUT2D eigenvalue weighted by Crippen LogP contribution is -2.38. The van der Waals surface area contributed by atoms with E-state index >= 15 is 0 Å². The third kappa shape index (κ3) is 4.63. The van der Waals surface area contributed by atoms with E-state index < -0.39 is 0 Å². The fraction of sp³-hybridized carbons (Fsp3) is 0.500. The Morgan fingerprint density at radius 1 is 1.33 bits per heavy atom. The highest BCUT2D eigenvalue weighted by Gasteiger charge is 2.16. The minimum atomic E-state index is -0.171. The van der Waals surface area contributed by atoms with E-state index in [2.05, 4.69) is 23.6 Å². The molecule has 0 unspecified atom stereocenters. The van der Waals surface area contributed by atoms with Gasteiger partial charge in [0.25, 0.3) is 0 Å². The van der Waals surface area contributed by atoms with Crippen LogP contribution in [-0.4, -0.2) is 23.4 Å². The maximum atomic E-state index is 9.18. The molecule has 0 amide bonds. The van der Waals surface area contributed by atoms with Crippen LogP contribution in [-0.2, 0) is 6.42 Å². The van der Waals surface area contributed by atoms with Crippen LogP contribution in [0.2, 0.25) is 0 Å². The van der Waals surface area contributed by atoms with Gasteiger partial charge in [-0.1, -0.05) is 39.0 Å². The summed E-state index contributed by atoms with van der Waals surface area (Å²) in [5.74, 6) is 0. The molecule has 0 aliphatic heterocycles. The van der Waals surface area contributed by atoms with Gasteiger partial charge >= 0.3 is 0 Å². The molecule has 0 aromatic heterocycles. The second-order valence-electron chi connectivity index (χ2n) is 5.14. The van der Waals surface area contributed by atoms with Crippen LogP contribution in [0.3, 0.4) is 0 Å². The number of rotatable bonds is 5. The van der Waals surface area contributed by atoms with Crippen molar-refractivity contribution in [3.63, 3.8) is 0 Å². The molecule has 0 heterocycles. The number of benzene rings is 1. The molecular formula is C14H22N2OS. The normalized spacial score (nSPS) is 11.1. The van der Waals surface area contributed by atoms with Gasteiger partial charge in [-0.3, -0.25) is 0 Å². The van der Waals surface area contributed by atoms with Crippen LogP contribution in [0.1, 0.15) is 26.3 Å². The number of thiocarbonyl (C=S) groups is 1. The molecule has 0 atom stereocenters. The van der Waals surface area contributed by atoms with E-state index in [1.807, 2.05) is 32.0 Å². The molecule has 0 saturated heterocycles. The van der Waals surface area contributed by atoms with Crippen molar-refractivity contribution in [2.45, 2.75) is 27.2 Å². The van der Waals surface area contributed by atoms with Crippen molar-refractivity contribution in [3.8, 4) is 0 Å². The summed E-state index contributed by atoms with van der Waals surface area (Å²) < 4.78 is 0. The van der Waals surface area contributed by atoms with Crippen LogP contribution < -0.4 is 10.6 Å². The summed E-state index contributed by atoms with van der Waals surface area (Å²) in [6.45, 7) is 6.87. The second-order valence-corrected chi connectivity index (χ2v) is 5.55. The van der Waals surface area contributed by atoms with Gasteiger partial charge < -0.3 is 15.7 Å². The highest BCUT2D eigenvalue weighted by atomic mass is 32.1. The molecule has 100 valence electrons. The average molecular weight is 266 g/mol. The average Bonchev–Trinajstić information content (AvgIpc) is 2.37. The van der Waals surface area contributed by atoms with Crippen molar-refractivity contribution >= 4 is 23.0 Å².